The van der Waals surface area contributed by atoms with Gasteiger partial charge in [-0.3, -0.25) is 14.8 Å². The number of carbonyl (C=O) groups excluding carboxylic acids is 1. The number of nitrogens with zero attached hydrogens (tertiary/aromatic N) is 6. The smallest absolute Gasteiger partial charge is 0.271 e. The molecule has 8 nitrogen and oxygen atoms in total. The number of aromatic nitrogens is 5. The van der Waals surface area contributed by atoms with E-state index in [4.69, 9.17) is 0 Å². The molecule has 0 unspecified atom stereocenters. The van der Waals surface area contributed by atoms with E-state index in [2.05, 4.69) is 36.9 Å². The second-order valence-electron chi connectivity index (χ2n) is 7.08. The predicted octanol–water partition coefficient (Wildman–Crippen LogP) is 1.15. The van der Waals surface area contributed by atoms with Crippen LogP contribution in [0, 0.1) is 0 Å². The number of aromatic amines is 1. The minimum atomic E-state index is 0.0154. The van der Waals surface area contributed by atoms with E-state index in [1.54, 1.807) is 12.3 Å². The molecule has 1 atom stereocenters. The summed E-state index contributed by atoms with van der Waals surface area (Å²) < 4.78 is 2.13. The molecule has 0 radical (unpaired) electrons. The topological polar surface area (TPSA) is 82.9 Å². The molecule has 4 rings (SSSR count). The Morgan fingerprint density at radius 2 is 2.08 bits per heavy atom. The second-order valence-corrected chi connectivity index (χ2v) is 7.08. The standard InChI is InChI=1S/C17H25N7O/c1-22-15(12-23-8-2-3-9-23)20-21-16(22)13-5-4-10-24(11-13)17(25)14-6-7-18-19-14/h6-7,13H,2-5,8-12H2,1H3,(H,18,19)/t13-/m1/s1. The molecule has 2 aliphatic rings. The first-order valence-corrected chi connectivity index (χ1v) is 9.11. The van der Waals surface area contributed by atoms with Crippen molar-refractivity contribution in [3.8, 4) is 0 Å². The largest absolute Gasteiger partial charge is 0.337 e. The quantitative estimate of drug-likeness (QED) is 0.900. The third-order valence-corrected chi connectivity index (χ3v) is 5.37. The zero-order chi connectivity index (χ0) is 17.2. The lowest BCUT2D eigenvalue weighted by Crippen LogP contribution is -2.40. The average molecular weight is 343 g/mol. The van der Waals surface area contributed by atoms with Gasteiger partial charge >= 0.3 is 0 Å². The van der Waals surface area contributed by atoms with Gasteiger partial charge in [-0.15, -0.1) is 10.2 Å². The maximum absolute atomic E-state index is 12.6. The normalized spacial score (nSPS) is 21.8. The molecule has 4 heterocycles. The Morgan fingerprint density at radius 3 is 2.84 bits per heavy atom. The van der Waals surface area contributed by atoms with Crippen molar-refractivity contribution < 1.29 is 4.79 Å². The van der Waals surface area contributed by atoms with Crippen molar-refractivity contribution in [2.75, 3.05) is 26.2 Å². The number of hydrogen-bond donors (Lipinski definition) is 1. The van der Waals surface area contributed by atoms with E-state index in [0.29, 0.717) is 12.2 Å². The van der Waals surface area contributed by atoms with Crippen molar-refractivity contribution in [1.82, 2.24) is 34.8 Å². The average Bonchev–Trinajstić information content (AvgIpc) is 3.38. The van der Waals surface area contributed by atoms with Crippen molar-refractivity contribution in [3.05, 3.63) is 29.6 Å². The molecule has 2 fully saturated rings. The zero-order valence-corrected chi connectivity index (χ0v) is 14.7. The molecular formula is C17H25N7O. The summed E-state index contributed by atoms with van der Waals surface area (Å²) in [5.74, 6) is 2.28. The molecule has 134 valence electrons. The highest BCUT2D eigenvalue weighted by atomic mass is 16.2. The Kier molecular flexibility index (Phi) is 4.52. The van der Waals surface area contributed by atoms with Gasteiger partial charge in [0.05, 0.1) is 6.54 Å². The number of amides is 1. The van der Waals surface area contributed by atoms with Gasteiger partial charge in [0.25, 0.3) is 5.91 Å². The van der Waals surface area contributed by atoms with Crippen LogP contribution in [0.1, 0.15) is 53.7 Å². The van der Waals surface area contributed by atoms with Gasteiger partial charge in [0.2, 0.25) is 0 Å². The van der Waals surface area contributed by atoms with Crippen LogP contribution in [0.25, 0.3) is 0 Å². The third kappa shape index (κ3) is 3.30. The van der Waals surface area contributed by atoms with Crippen LogP contribution in [-0.4, -0.2) is 66.8 Å². The minimum Gasteiger partial charge on any atom is -0.337 e. The molecule has 0 bridgehead atoms. The molecule has 8 heteroatoms. The summed E-state index contributed by atoms with van der Waals surface area (Å²) in [6.07, 6.45) is 6.19. The summed E-state index contributed by atoms with van der Waals surface area (Å²) >= 11 is 0. The van der Waals surface area contributed by atoms with Crippen LogP contribution in [0.5, 0.6) is 0 Å². The first-order chi connectivity index (χ1) is 12.2. The Bertz CT molecular complexity index is 717. The summed E-state index contributed by atoms with van der Waals surface area (Å²) in [7, 11) is 2.05. The zero-order valence-electron chi connectivity index (χ0n) is 14.7. The van der Waals surface area contributed by atoms with Gasteiger partial charge in [-0.2, -0.15) is 5.10 Å². The van der Waals surface area contributed by atoms with Crippen molar-refractivity contribution in [1.29, 1.82) is 0 Å². The van der Waals surface area contributed by atoms with E-state index in [9.17, 15) is 4.79 Å². The Hall–Kier alpha value is -2.22. The van der Waals surface area contributed by atoms with E-state index >= 15 is 0 Å². The lowest BCUT2D eigenvalue weighted by molar-refractivity contribution is 0.0697. The van der Waals surface area contributed by atoms with Crippen molar-refractivity contribution in [2.24, 2.45) is 7.05 Å². The molecule has 0 saturated carbocycles. The van der Waals surface area contributed by atoms with E-state index in [1.807, 2.05) is 4.90 Å². The lowest BCUT2D eigenvalue weighted by Gasteiger charge is -2.32. The van der Waals surface area contributed by atoms with Crippen molar-refractivity contribution >= 4 is 5.91 Å². The van der Waals surface area contributed by atoms with Crippen LogP contribution in [0.2, 0.25) is 0 Å². The number of H-pyrrole nitrogens is 1. The molecule has 2 saturated heterocycles. The number of rotatable bonds is 4. The highest BCUT2D eigenvalue weighted by Crippen LogP contribution is 2.27. The first kappa shape index (κ1) is 16.3. The van der Waals surface area contributed by atoms with Gasteiger partial charge in [0.15, 0.2) is 0 Å². The molecule has 0 spiro atoms. The molecule has 2 aliphatic heterocycles. The van der Waals surface area contributed by atoms with E-state index in [0.717, 1.165) is 50.7 Å². The molecular weight excluding hydrogens is 318 g/mol. The number of likely N-dealkylation sites (tertiary alicyclic amines) is 2. The number of carbonyl (C=O) groups is 1. The van der Waals surface area contributed by atoms with Gasteiger partial charge in [0, 0.05) is 32.3 Å². The van der Waals surface area contributed by atoms with Gasteiger partial charge in [-0.05, 0) is 44.8 Å². The van der Waals surface area contributed by atoms with E-state index in [1.165, 1.54) is 12.8 Å². The van der Waals surface area contributed by atoms with Crippen LogP contribution in [0.4, 0.5) is 0 Å². The number of nitrogens with one attached hydrogen (secondary N) is 1. The van der Waals surface area contributed by atoms with Crippen LogP contribution in [-0.2, 0) is 13.6 Å². The monoisotopic (exact) mass is 343 g/mol. The molecule has 25 heavy (non-hydrogen) atoms. The van der Waals surface area contributed by atoms with Gasteiger partial charge in [0.1, 0.15) is 17.3 Å². The summed E-state index contributed by atoms with van der Waals surface area (Å²) in [6.45, 7) is 4.64. The molecule has 2 aromatic rings. The highest BCUT2D eigenvalue weighted by molar-refractivity contribution is 5.92. The van der Waals surface area contributed by atoms with E-state index in [-0.39, 0.29) is 11.8 Å². The molecule has 1 amide bonds. The second kappa shape index (κ2) is 6.95. The molecule has 2 aromatic heterocycles. The minimum absolute atomic E-state index is 0.0154. The van der Waals surface area contributed by atoms with Crippen LogP contribution < -0.4 is 0 Å². The number of piperidine rings is 1. The summed E-state index contributed by atoms with van der Waals surface area (Å²) in [6, 6.07) is 1.72. The van der Waals surface area contributed by atoms with Crippen molar-refractivity contribution in [3.63, 3.8) is 0 Å². The fourth-order valence-electron chi connectivity index (χ4n) is 3.93. The SMILES string of the molecule is Cn1c(CN2CCCC2)nnc1[C@@H]1CCCN(C(=O)c2ccn[nH]2)C1. The lowest BCUT2D eigenvalue weighted by atomic mass is 9.97. The Labute approximate surface area is 147 Å². The predicted molar refractivity (Wildman–Crippen MR) is 92.0 cm³/mol. The van der Waals surface area contributed by atoms with Crippen LogP contribution >= 0.6 is 0 Å². The van der Waals surface area contributed by atoms with Crippen molar-refractivity contribution in [2.45, 2.75) is 38.1 Å². The molecule has 0 aliphatic carbocycles. The maximum Gasteiger partial charge on any atom is 0.271 e. The van der Waals surface area contributed by atoms with Gasteiger partial charge in [-0.25, -0.2) is 0 Å². The number of hydrogen-bond acceptors (Lipinski definition) is 5. The third-order valence-electron chi connectivity index (χ3n) is 5.37. The van der Waals surface area contributed by atoms with Gasteiger partial charge in [-0.1, -0.05) is 0 Å². The maximum atomic E-state index is 12.6. The first-order valence-electron chi connectivity index (χ1n) is 9.11. The molecule has 1 N–H and O–H groups in total. The van der Waals surface area contributed by atoms with Crippen LogP contribution in [0.3, 0.4) is 0 Å². The van der Waals surface area contributed by atoms with Crippen LogP contribution in [0.15, 0.2) is 12.3 Å². The highest BCUT2D eigenvalue weighted by Gasteiger charge is 2.29. The van der Waals surface area contributed by atoms with E-state index < -0.39 is 0 Å². The fraction of sp³-hybridized carbons (Fsp3) is 0.647. The Morgan fingerprint density at radius 1 is 1.24 bits per heavy atom. The fourth-order valence-corrected chi connectivity index (χ4v) is 3.93. The van der Waals surface area contributed by atoms with Gasteiger partial charge < -0.3 is 9.47 Å². The summed E-state index contributed by atoms with van der Waals surface area (Å²) in [5, 5.41) is 15.5. The Balaban J connectivity index is 1.46. The molecule has 0 aromatic carbocycles. The summed E-state index contributed by atoms with van der Waals surface area (Å²) in [4.78, 5) is 16.9. The summed E-state index contributed by atoms with van der Waals surface area (Å²) in [5.41, 5.74) is 0.549.